The highest BCUT2D eigenvalue weighted by Crippen LogP contribution is 2.33. The van der Waals surface area contributed by atoms with Gasteiger partial charge in [0.2, 0.25) is 11.6 Å². The molecule has 0 unspecified atom stereocenters. The number of phenolic OH excluding ortho intramolecular Hbond substituents is 1. The first-order valence-electron chi connectivity index (χ1n) is 8.26. The molecule has 0 aliphatic carbocycles. The molecule has 0 saturated heterocycles. The highest BCUT2D eigenvalue weighted by atomic mass is 35.5. The van der Waals surface area contributed by atoms with E-state index in [2.05, 4.69) is 25.9 Å². The van der Waals surface area contributed by atoms with Crippen LogP contribution in [-0.2, 0) is 11.3 Å². The van der Waals surface area contributed by atoms with E-state index in [0.29, 0.717) is 16.7 Å². The molecule has 2 aromatic carbocycles. The lowest BCUT2D eigenvalue weighted by Crippen LogP contribution is -2.24. The number of amides is 1. The van der Waals surface area contributed by atoms with Gasteiger partial charge in [0.05, 0.1) is 32.7 Å². The molecule has 3 rings (SSSR count). The number of phenols is 1. The number of non-ortho nitro benzene ring substituents is 1. The Labute approximate surface area is 177 Å². The van der Waals surface area contributed by atoms with Gasteiger partial charge in [-0.05, 0) is 17.3 Å². The largest absolute Gasteiger partial charge is 0.502 e. The van der Waals surface area contributed by atoms with Gasteiger partial charge in [0, 0.05) is 11.6 Å². The Morgan fingerprint density at radius 1 is 1.26 bits per heavy atom. The van der Waals surface area contributed by atoms with Crippen molar-refractivity contribution in [3.05, 3.63) is 67.2 Å². The lowest BCUT2D eigenvalue weighted by atomic mass is 10.1. The van der Waals surface area contributed by atoms with Crippen LogP contribution in [0.15, 0.2) is 41.5 Å². The first-order valence-corrected chi connectivity index (χ1v) is 8.64. The molecule has 14 nitrogen and oxygen atoms in total. The van der Waals surface area contributed by atoms with Crippen molar-refractivity contribution in [1.82, 2.24) is 25.6 Å². The molecule has 3 aromatic rings. The summed E-state index contributed by atoms with van der Waals surface area (Å²) in [5, 5.41) is 47.2. The van der Waals surface area contributed by atoms with Gasteiger partial charge in [-0.15, -0.1) is 10.2 Å². The highest BCUT2D eigenvalue weighted by molar-refractivity contribution is 6.33. The van der Waals surface area contributed by atoms with Crippen molar-refractivity contribution in [2.75, 3.05) is 0 Å². The molecule has 0 radical (unpaired) electrons. The van der Waals surface area contributed by atoms with Crippen LogP contribution in [0, 0.1) is 20.2 Å². The molecule has 0 fully saturated rings. The molecular weight excluding hydrogens is 436 g/mol. The molecule has 1 amide bonds. The van der Waals surface area contributed by atoms with E-state index in [1.807, 2.05) is 0 Å². The summed E-state index contributed by atoms with van der Waals surface area (Å²) in [4.78, 5) is 33.0. The lowest BCUT2D eigenvalue weighted by Gasteiger charge is -2.01. The van der Waals surface area contributed by atoms with Crippen molar-refractivity contribution in [2.45, 2.75) is 6.54 Å². The molecule has 0 aliphatic heterocycles. The molecule has 15 heteroatoms. The number of carbonyl (C=O) groups is 1. The minimum atomic E-state index is -0.981. The maximum Gasteiger partial charge on any atom is 0.318 e. The number of hydrogen-bond donors (Lipinski definition) is 2. The molecule has 1 heterocycles. The van der Waals surface area contributed by atoms with Crippen molar-refractivity contribution in [3.8, 4) is 17.1 Å². The zero-order valence-corrected chi connectivity index (χ0v) is 16.0. The van der Waals surface area contributed by atoms with Gasteiger partial charge in [0.15, 0.2) is 0 Å². The predicted molar refractivity (Wildman–Crippen MR) is 105 cm³/mol. The van der Waals surface area contributed by atoms with Crippen LogP contribution in [0.3, 0.4) is 0 Å². The quantitative estimate of drug-likeness (QED) is 0.308. The minimum absolute atomic E-state index is 0.204. The fourth-order valence-electron chi connectivity index (χ4n) is 2.37. The van der Waals surface area contributed by atoms with E-state index < -0.39 is 32.9 Å². The number of nitrogens with zero attached hydrogens (tertiary/aromatic N) is 7. The van der Waals surface area contributed by atoms with Crippen LogP contribution in [0.2, 0.25) is 5.02 Å². The number of hydrazone groups is 1. The Kier molecular flexibility index (Phi) is 6.11. The number of aromatic hydroxyl groups is 1. The van der Waals surface area contributed by atoms with Gasteiger partial charge >= 0.3 is 5.69 Å². The second-order valence-corrected chi connectivity index (χ2v) is 6.24. The normalized spacial score (nSPS) is 10.9. The zero-order chi connectivity index (χ0) is 22.5. The summed E-state index contributed by atoms with van der Waals surface area (Å²) in [6, 6.07) is 8.27. The number of nitrogens with one attached hydrogen (secondary N) is 1. The van der Waals surface area contributed by atoms with Crippen LogP contribution in [0.25, 0.3) is 11.4 Å². The second kappa shape index (κ2) is 8.91. The average Bonchev–Trinajstić information content (AvgIpc) is 3.17. The van der Waals surface area contributed by atoms with Gasteiger partial charge in [0.25, 0.3) is 11.6 Å². The third-order valence-electron chi connectivity index (χ3n) is 3.76. The van der Waals surface area contributed by atoms with E-state index in [-0.39, 0.29) is 17.9 Å². The molecule has 0 atom stereocenters. The third-order valence-corrected chi connectivity index (χ3v) is 4.09. The van der Waals surface area contributed by atoms with Crippen LogP contribution in [0.4, 0.5) is 11.4 Å². The summed E-state index contributed by atoms with van der Waals surface area (Å²) < 4.78 is 0. The molecule has 1 aromatic heterocycles. The number of aromatic nitrogens is 4. The van der Waals surface area contributed by atoms with Crippen LogP contribution >= 0.6 is 11.6 Å². The fourth-order valence-corrected chi connectivity index (χ4v) is 2.59. The molecule has 158 valence electrons. The zero-order valence-electron chi connectivity index (χ0n) is 15.2. The summed E-state index contributed by atoms with van der Waals surface area (Å²) in [6.45, 7) is -0.379. The predicted octanol–water partition coefficient (Wildman–Crippen LogP) is 1.67. The van der Waals surface area contributed by atoms with Crippen molar-refractivity contribution in [2.24, 2.45) is 5.10 Å². The first-order chi connectivity index (χ1) is 14.8. The number of tetrazole rings is 1. The van der Waals surface area contributed by atoms with E-state index in [1.54, 1.807) is 24.3 Å². The Bertz CT molecular complexity index is 1210. The molecule has 2 N–H and O–H groups in total. The van der Waals surface area contributed by atoms with Gasteiger partial charge in [-0.2, -0.15) is 9.90 Å². The van der Waals surface area contributed by atoms with Crippen molar-refractivity contribution in [1.29, 1.82) is 0 Å². The summed E-state index contributed by atoms with van der Waals surface area (Å²) in [5.41, 5.74) is 0.779. The average molecular weight is 447 g/mol. The molecular formula is C16H11ClN8O6. The van der Waals surface area contributed by atoms with Crippen LogP contribution < -0.4 is 5.43 Å². The van der Waals surface area contributed by atoms with Crippen molar-refractivity contribution < 1.29 is 19.7 Å². The monoisotopic (exact) mass is 446 g/mol. The lowest BCUT2D eigenvalue weighted by molar-refractivity contribution is -0.394. The Hall–Kier alpha value is -4.46. The number of halogens is 1. The van der Waals surface area contributed by atoms with E-state index in [1.165, 1.54) is 0 Å². The summed E-state index contributed by atoms with van der Waals surface area (Å²) in [7, 11) is 0. The molecule has 31 heavy (non-hydrogen) atoms. The van der Waals surface area contributed by atoms with E-state index in [0.717, 1.165) is 17.1 Å². The Morgan fingerprint density at radius 2 is 2.00 bits per heavy atom. The Balaban J connectivity index is 1.70. The second-order valence-electron chi connectivity index (χ2n) is 5.83. The summed E-state index contributed by atoms with van der Waals surface area (Å²) >= 11 is 6.05. The molecule has 0 aliphatic rings. The van der Waals surface area contributed by atoms with E-state index in [4.69, 9.17) is 11.6 Å². The number of carbonyl (C=O) groups excluding carboxylic acids is 1. The first kappa shape index (κ1) is 21.3. The van der Waals surface area contributed by atoms with E-state index in [9.17, 15) is 30.1 Å². The van der Waals surface area contributed by atoms with Crippen LogP contribution in [0.5, 0.6) is 5.75 Å². The topological polar surface area (TPSA) is 192 Å². The number of nitro groups is 2. The van der Waals surface area contributed by atoms with Crippen molar-refractivity contribution in [3.63, 3.8) is 0 Å². The van der Waals surface area contributed by atoms with Gasteiger partial charge < -0.3 is 5.11 Å². The summed E-state index contributed by atoms with van der Waals surface area (Å²) in [5.74, 6) is -1.33. The summed E-state index contributed by atoms with van der Waals surface area (Å²) in [6.07, 6.45) is 0.831. The number of hydrogen-bond acceptors (Lipinski definition) is 10. The maximum absolute atomic E-state index is 12.0. The van der Waals surface area contributed by atoms with Crippen molar-refractivity contribution >= 4 is 35.1 Å². The van der Waals surface area contributed by atoms with Crippen LogP contribution in [-0.4, -0.2) is 47.3 Å². The standard InChI is InChI=1S/C16H11ClN8O6/c17-12-4-2-1-3-11(12)16-20-22-23(21-16)8-14(26)19-18-7-9-5-10(24(28)29)6-13(15(9)27)25(30)31/h1-7,27H,8H2,(H,19,26)/b18-7-. The fraction of sp³-hybridized carbons (Fsp3) is 0.0625. The van der Waals surface area contributed by atoms with Crippen LogP contribution in [0.1, 0.15) is 5.56 Å². The molecule has 0 saturated carbocycles. The van der Waals surface area contributed by atoms with Gasteiger partial charge in [0.1, 0.15) is 6.54 Å². The third kappa shape index (κ3) is 4.94. The number of benzene rings is 2. The van der Waals surface area contributed by atoms with Gasteiger partial charge in [-0.25, -0.2) is 5.43 Å². The highest BCUT2D eigenvalue weighted by Gasteiger charge is 2.23. The molecule has 0 bridgehead atoms. The van der Waals surface area contributed by atoms with Gasteiger partial charge in [-0.3, -0.25) is 25.0 Å². The number of rotatable bonds is 7. The maximum atomic E-state index is 12.0. The number of nitro benzene ring substituents is 2. The smallest absolute Gasteiger partial charge is 0.318 e. The molecule has 0 spiro atoms. The van der Waals surface area contributed by atoms with E-state index >= 15 is 0 Å². The minimum Gasteiger partial charge on any atom is -0.502 e. The Morgan fingerprint density at radius 3 is 2.68 bits per heavy atom. The van der Waals surface area contributed by atoms with Gasteiger partial charge in [-0.1, -0.05) is 23.7 Å². The SMILES string of the molecule is O=C(Cn1nnc(-c2ccccc2Cl)n1)N/N=C\c1cc([N+](=O)[O-])cc([N+](=O)[O-])c1O.